The fourth-order valence-corrected chi connectivity index (χ4v) is 3.49. The summed E-state index contributed by atoms with van der Waals surface area (Å²) in [6, 6.07) is 4.13. The summed E-state index contributed by atoms with van der Waals surface area (Å²) in [7, 11) is 0. The first-order valence-corrected chi connectivity index (χ1v) is 9.13. The van der Waals surface area contributed by atoms with Crippen molar-refractivity contribution >= 4 is 6.03 Å². The van der Waals surface area contributed by atoms with Gasteiger partial charge in [-0.15, -0.1) is 0 Å². The molecule has 3 heterocycles. The minimum atomic E-state index is -0.110. The molecular formula is C18H28N4O3. The number of ether oxygens (including phenoxy) is 2. The van der Waals surface area contributed by atoms with Crippen molar-refractivity contribution in [3.8, 4) is 0 Å². The van der Waals surface area contributed by atoms with Gasteiger partial charge in [-0.25, -0.2) is 4.79 Å². The van der Waals surface area contributed by atoms with Gasteiger partial charge in [0.15, 0.2) is 0 Å². The smallest absolute Gasteiger partial charge is 0.314 e. The molecule has 0 radical (unpaired) electrons. The van der Waals surface area contributed by atoms with E-state index in [9.17, 15) is 4.79 Å². The molecule has 2 atom stereocenters. The maximum atomic E-state index is 12.1. The van der Waals surface area contributed by atoms with Crippen LogP contribution in [0.3, 0.4) is 0 Å². The summed E-state index contributed by atoms with van der Waals surface area (Å²) >= 11 is 0. The number of nitrogens with one attached hydrogen (secondary N) is 2. The number of nitrogens with zero attached hydrogens (tertiary/aromatic N) is 2. The van der Waals surface area contributed by atoms with E-state index in [0.717, 1.165) is 57.9 Å². The zero-order valence-electron chi connectivity index (χ0n) is 14.7. The van der Waals surface area contributed by atoms with Gasteiger partial charge in [-0.2, -0.15) is 0 Å². The Bertz CT molecular complexity index is 516. The predicted molar refractivity (Wildman–Crippen MR) is 94.4 cm³/mol. The minimum Gasteiger partial charge on any atom is -0.381 e. The Labute approximate surface area is 149 Å². The average molecular weight is 348 g/mol. The van der Waals surface area contributed by atoms with Crippen LogP contribution in [-0.2, 0) is 15.9 Å². The first-order chi connectivity index (χ1) is 12.3. The fraction of sp³-hybridized carbons (Fsp3) is 0.667. The van der Waals surface area contributed by atoms with E-state index in [0.29, 0.717) is 25.0 Å². The quantitative estimate of drug-likeness (QED) is 0.757. The van der Waals surface area contributed by atoms with Crippen LogP contribution in [0.1, 0.15) is 12.0 Å². The molecule has 0 aromatic carbocycles. The lowest BCUT2D eigenvalue weighted by atomic mass is 9.97. The Morgan fingerprint density at radius 2 is 2.16 bits per heavy atom. The Kier molecular flexibility index (Phi) is 7.02. The van der Waals surface area contributed by atoms with E-state index in [2.05, 4.69) is 20.5 Å². The average Bonchev–Trinajstić information content (AvgIpc) is 3.18. The molecule has 2 N–H and O–H groups in total. The molecule has 1 aromatic heterocycles. The van der Waals surface area contributed by atoms with Crippen LogP contribution in [0.25, 0.3) is 0 Å². The molecule has 25 heavy (non-hydrogen) atoms. The van der Waals surface area contributed by atoms with Gasteiger partial charge >= 0.3 is 6.03 Å². The Morgan fingerprint density at radius 3 is 2.88 bits per heavy atom. The normalized spacial score (nSPS) is 22.5. The molecule has 0 spiro atoms. The summed E-state index contributed by atoms with van der Waals surface area (Å²) in [5.41, 5.74) is 1.12. The van der Waals surface area contributed by atoms with Crippen LogP contribution >= 0.6 is 0 Å². The number of carbonyl (C=O) groups excluding carboxylic acids is 1. The maximum Gasteiger partial charge on any atom is 0.314 e. The van der Waals surface area contributed by atoms with Gasteiger partial charge in [0.05, 0.1) is 19.8 Å². The number of urea groups is 1. The van der Waals surface area contributed by atoms with Crippen molar-refractivity contribution in [3.05, 3.63) is 30.1 Å². The van der Waals surface area contributed by atoms with Gasteiger partial charge in [-0.1, -0.05) is 6.07 Å². The highest BCUT2D eigenvalue weighted by molar-refractivity contribution is 5.73. The largest absolute Gasteiger partial charge is 0.381 e. The van der Waals surface area contributed by atoms with Crippen LogP contribution in [0.5, 0.6) is 0 Å². The second-order valence-corrected chi connectivity index (χ2v) is 6.59. The third-order valence-corrected chi connectivity index (χ3v) is 4.92. The molecule has 2 saturated heterocycles. The molecule has 1 aromatic rings. The molecule has 2 aliphatic rings. The number of hydrogen-bond acceptors (Lipinski definition) is 5. The summed E-state index contributed by atoms with van der Waals surface area (Å²) in [6.07, 6.45) is 5.42. The second-order valence-electron chi connectivity index (χ2n) is 6.59. The minimum absolute atomic E-state index is 0.110. The first kappa shape index (κ1) is 18.1. The summed E-state index contributed by atoms with van der Waals surface area (Å²) < 4.78 is 11.0. The van der Waals surface area contributed by atoms with Crippen molar-refractivity contribution in [1.82, 2.24) is 20.5 Å². The lowest BCUT2D eigenvalue weighted by molar-refractivity contribution is 0.00213. The molecule has 0 saturated carbocycles. The number of morpholine rings is 1. The highest BCUT2D eigenvalue weighted by atomic mass is 16.5. The molecule has 2 aliphatic heterocycles. The summed E-state index contributed by atoms with van der Waals surface area (Å²) in [6.45, 7) is 6.23. The molecular weight excluding hydrogens is 320 g/mol. The number of amides is 2. The van der Waals surface area contributed by atoms with Gasteiger partial charge in [0.2, 0.25) is 0 Å². The van der Waals surface area contributed by atoms with Crippen molar-refractivity contribution in [2.45, 2.75) is 18.9 Å². The van der Waals surface area contributed by atoms with Gasteiger partial charge in [0.25, 0.3) is 0 Å². The van der Waals surface area contributed by atoms with E-state index in [-0.39, 0.29) is 6.03 Å². The maximum absolute atomic E-state index is 12.1. The lowest BCUT2D eigenvalue weighted by Gasteiger charge is -2.37. The van der Waals surface area contributed by atoms with Crippen LogP contribution < -0.4 is 10.6 Å². The van der Waals surface area contributed by atoms with E-state index in [1.165, 1.54) is 0 Å². The predicted octanol–water partition coefficient (Wildman–Crippen LogP) is 0.661. The monoisotopic (exact) mass is 348 g/mol. The fourth-order valence-electron chi connectivity index (χ4n) is 3.49. The number of rotatable bonds is 7. The SMILES string of the molecule is O=C(NCCc1cccnc1)NC[C@H]([C@@H]1CCOC1)N1CCOCC1. The van der Waals surface area contributed by atoms with Crippen molar-refractivity contribution < 1.29 is 14.3 Å². The molecule has 0 bridgehead atoms. The van der Waals surface area contributed by atoms with E-state index < -0.39 is 0 Å². The summed E-state index contributed by atoms with van der Waals surface area (Å²) in [4.78, 5) is 18.6. The molecule has 138 valence electrons. The van der Waals surface area contributed by atoms with Crippen LogP contribution in [0.4, 0.5) is 4.79 Å². The molecule has 7 heteroatoms. The number of hydrogen-bond donors (Lipinski definition) is 2. The molecule has 0 unspecified atom stereocenters. The first-order valence-electron chi connectivity index (χ1n) is 9.13. The number of carbonyl (C=O) groups is 1. The molecule has 3 rings (SSSR count). The number of aromatic nitrogens is 1. The lowest BCUT2D eigenvalue weighted by Crippen LogP contribution is -2.53. The standard InChI is InChI=1S/C18H28N4O3/c23-18(20-6-3-15-2-1-5-19-12-15)21-13-17(16-4-9-25-14-16)22-7-10-24-11-8-22/h1-2,5,12,16-17H,3-4,6-11,13-14H2,(H2,20,21,23)/t16-,17-/m1/s1. The Morgan fingerprint density at radius 1 is 1.28 bits per heavy atom. The molecule has 0 aliphatic carbocycles. The Balaban J connectivity index is 1.42. The topological polar surface area (TPSA) is 75.7 Å². The van der Waals surface area contributed by atoms with Gasteiger partial charge in [-0.05, 0) is 24.5 Å². The van der Waals surface area contributed by atoms with Crippen LogP contribution in [0.2, 0.25) is 0 Å². The Hall–Kier alpha value is -1.70. The summed E-state index contributed by atoms with van der Waals surface area (Å²) in [5, 5.41) is 5.97. The summed E-state index contributed by atoms with van der Waals surface area (Å²) in [5.74, 6) is 0.480. The zero-order valence-corrected chi connectivity index (χ0v) is 14.7. The van der Waals surface area contributed by atoms with Crippen molar-refractivity contribution in [1.29, 1.82) is 0 Å². The van der Waals surface area contributed by atoms with E-state index in [1.54, 1.807) is 6.20 Å². The van der Waals surface area contributed by atoms with Crippen LogP contribution in [0, 0.1) is 5.92 Å². The van der Waals surface area contributed by atoms with Gasteiger partial charge < -0.3 is 20.1 Å². The van der Waals surface area contributed by atoms with Gasteiger partial charge in [-0.3, -0.25) is 9.88 Å². The number of pyridine rings is 1. The van der Waals surface area contributed by atoms with Gasteiger partial charge in [0, 0.05) is 57.1 Å². The van der Waals surface area contributed by atoms with E-state index in [4.69, 9.17) is 9.47 Å². The highest BCUT2D eigenvalue weighted by Crippen LogP contribution is 2.21. The third-order valence-electron chi connectivity index (χ3n) is 4.92. The van der Waals surface area contributed by atoms with Crippen LogP contribution in [0.15, 0.2) is 24.5 Å². The second kappa shape index (κ2) is 9.70. The molecule has 2 amide bonds. The van der Waals surface area contributed by atoms with Gasteiger partial charge in [0.1, 0.15) is 0 Å². The highest BCUT2D eigenvalue weighted by Gasteiger charge is 2.31. The zero-order chi connectivity index (χ0) is 17.3. The molecule has 7 nitrogen and oxygen atoms in total. The van der Waals surface area contributed by atoms with Crippen molar-refractivity contribution in [2.75, 3.05) is 52.6 Å². The van der Waals surface area contributed by atoms with Crippen molar-refractivity contribution in [3.63, 3.8) is 0 Å². The van der Waals surface area contributed by atoms with E-state index >= 15 is 0 Å². The van der Waals surface area contributed by atoms with Crippen molar-refractivity contribution in [2.24, 2.45) is 5.92 Å². The van der Waals surface area contributed by atoms with Crippen LogP contribution in [-0.4, -0.2) is 74.6 Å². The molecule has 2 fully saturated rings. The van der Waals surface area contributed by atoms with E-state index in [1.807, 2.05) is 18.3 Å². The third kappa shape index (κ3) is 5.66.